The molecule has 1 aromatic carbocycles. The zero-order chi connectivity index (χ0) is 15.3. The van der Waals surface area contributed by atoms with Crippen molar-refractivity contribution in [2.45, 2.75) is 38.3 Å². The Morgan fingerprint density at radius 2 is 2.05 bits per heavy atom. The van der Waals surface area contributed by atoms with Gasteiger partial charge in [0.2, 0.25) is 0 Å². The van der Waals surface area contributed by atoms with E-state index in [9.17, 15) is 18.0 Å². The molecule has 20 heavy (non-hydrogen) atoms. The first-order valence-electron chi connectivity index (χ1n) is 6.35. The highest BCUT2D eigenvalue weighted by Gasteiger charge is 2.32. The van der Waals surface area contributed by atoms with E-state index in [1.807, 2.05) is 6.92 Å². The summed E-state index contributed by atoms with van der Waals surface area (Å²) in [5.74, 6) is -1.10. The summed E-state index contributed by atoms with van der Waals surface area (Å²) in [7, 11) is 1.25. The topological polar surface area (TPSA) is 52.3 Å². The largest absolute Gasteiger partial charge is 0.469 e. The molecular weight excluding hydrogens is 271 g/mol. The average molecular weight is 289 g/mol. The predicted molar refractivity (Wildman–Crippen MR) is 70.1 cm³/mol. The van der Waals surface area contributed by atoms with Gasteiger partial charge in [-0.15, -0.1) is 0 Å². The second kappa shape index (κ2) is 6.63. The van der Waals surface area contributed by atoms with Crippen molar-refractivity contribution in [2.75, 3.05) is 12.8 Å². The van der Waals surface area contributed by atoms with E-state index < -0.39 is 23.6 Å². The third kappa shape index (κ3) is 3.88. The van der Waals surface area contributed by atoms with E-state index in [1.54, 1.807) is 0 Å². The number of nitrogen functional groups attached to an aromatic ring is 1. The lowest BCUT2D eigenvalue weighted by Gasteiger charge is -2.18. The van der Waals surface area contributed by atoms with Crippen molar-refractivity contribution in [3.05, 3.63) is 29.3 Å². The van der Waals surface area contributed by atoms with Crippen LogP contribution in [0, 0.1) is 0 Å². The molecule has 6 heteroatoms. The monoisotopic (exact) mass is 289 g/mol. The van der Waals surface area contributed by atoms with E-state index in [0.717, 1.165) is 25.0 Å². The maximum Gasteiger partial charge on any atom is 0.416 e. The van der Waals surface area contributed by atoms with E-state index in [4.69, 9.17) is 10.5 Å². The van der Waals surface area contributed by atoms with Crippen LogP contribution >= 0.6 is 0 Å². The number of carbonyl (C=O) groups excluding carboxylic acids is 1. The number of halogens is 3. The Hall–Kier alpha value is -1.72. The van der Waals surface area contributed by atoms with Crippen LogP contribution in [0.1, 0.15) is 43.2 Å². The number of rotatable bonds is 5. The fourth-order valence-corrected chi connectivity index (χ4v) is 2.02. The Labute approximate surface area is 115 Å². The minimum Gasteiger partial charge on any atom is -0.469 e. The van der Waals surface area contributed by atoms with Crippen molar-refractivity contribution in [2.24, 2.45) is 0 Å². The summed E-state index contributed by atoms with van der Waals surface area (Å²) in [5, 5.41) is 0. The van der Waals surface area contributed by atoms with Gasteiger partial charge in [-0.1, -0.05) is 25.8 Å². The summed E-state index contributed by atoms with van der Waals surface area (Å²) in [6.07, 6.45) is -2.32. The predicted octanol–water partition coefficient (Wildman–Crippen LogP) is 3.73. The van der Waals surface area contributed by atoms with Gasteiger partial charge >= 0.3 is 12.1 Å². The number of hydrogen-bond acceptors (Lipinski definition) is 3. The fourth-order valence-electron chi connectivity index (χ4n) is 2.02. The molecule has 1 atom stereocenters. The number of esters is 1. The molecule has 1 unspecified atom stereocenters. The highest BCUT2D eigenvalue weighted by atomic mass is 19.4. The van der Waals surface area contributed by atoms with Crippen LogP contribution in [-0.4, -0.2) is 13.1 Å². The summed E-state index contributed by atoms with van der Waals surface area (Å²) in [6, 6.07) is 3.06. The Balaban J connectivity index is 3.11. The molecule has 0 amide bonds. The van der Waals surface area contributed by atoms with Crippen LogP contribution in [0.2, 0.25) is 0 Å². The van der Waals surface area contributed by atoms with Crippen molar-refractivity contribution >= 4 is 11.7 Å². The minimum atomic E-state index is -4.45. The minimum absolute atomic E-state index is 0.0358. The molecule has 3 nitrogen and oxygen atoms in total. The Morgan fingerprint density at radius 1 is 1.40 bits per heavy atom. The number of anilines is 1. The van der Waals surface area contributed by atoms with Crippen LogP contribution in [0.4, 0.5) is 18.9 Å². The number of benzene rings is 1. The van der Waals surface area contributed by atoms with Crippen LogP contribution in [0.15, 0.2) is 18.2 Å². The highest BCUT2D eigenvalue weighted by molar-refractivity contribution is 5.80. The Kier molecular flexibility index (Phi) is 5.42. The van der Waals surface area contributed by atoms with Crippen LogP contribution in [-0.2, 0) is 15.7 Å². The molecule has 0 radical (unpaired) electrons. The summed E-state index contributed by atoms with van der Waals surface area (Å²) >= 11 is 0. The van der Waals surface area contributed by atoms with Gasteiger partial charge in [0, 0.05) is 5.69 Å². The molecular formula is C14H18F3NO2. The first-order valence-corrected chi connectivity index (χ1v) is 6.35. The van der Waals surface area contributed by atoms with Gasteiger partial charge in [0.25, 0.3) is 0 Å². The second-order valence-electron chi connectivity index (χ2n) is 4.56. The average Bonchev–Trinajstić information content (AvgIpc) is 2.39. The number of unbranched alkanes of at least 4 members (excludes halogenated alkanes) is 1. The zero-order valence-electron chi connectivity index (χ0n) is 11.5. The number of alkyl halides is 3. The number of hydrogen-bond donors (Lipinski definition) is 1. The van der Waals surface area contributed by atoms with Crippen molar-refractivity contribution in [3.63, 3.8) is 0 Å². The second-order valence-corrected chi connectivity index (χ2v) is 4.56. The van der Waals surface area contributed by atoms with Gasteiger partial charge in [-0.05, 0) is 24.1 Å². The molecule has 0 aliphatic rings. The molecule has 0 bridgehead atoms. The molecule has 0 fully saturated rings. The molecule has 112 valence electrons. The standard InChI is InChI=1S/C14H18F3NO2/c1-3-4-5-11(13(19)20-2)10-7-6-9(8-12(10)18)14(15,16)17/h6-8,11H,3-5,18H2,1-2H3. The Bertz CT molecular complexity index is 472. The van der Waals surface area contributed by atoms with Crippen molar-refractivity contribution < 1.29 is 22.7 Å². The molecule has 0 aliphatic heterocycles. The molecule has 0 heterocycles. The van der Waals surface area contributed by atoms with Gasteiger partial charge in [0.05, 0.1) is 18.6 Å². The molecule has 1 rings (SSSR count). The molecule has 0 saturated carbocycles. The summed E-state index contributed by atoms with van der Waals surface area (Å²) < 4.78 is 42.4. The molecule has 0 saturated heterocycles. The first-order chi connectivity index (χ1) is 9.31. The van der Waals surface area contributed by atoms with Gasteiger partial charge in [-0.25, -0.2) is 0 Å². The van der Waals surface area contributed by atoms with Crippen molar-refractivity contribution in [1.82, 2.24) is 0 Å². The van der Waals surface area contributed by atoms with Crippen molar-refractivity contribution in [3.8, 4) is 0 Å². The summed E-state index contributed by atoms with van der Waals surface area (Å²) in [4.78, 5) is 11.8. The fraction of sp³-hybridized carbons (Fsp3) is 0.500. The van der Waals surface area contributed by atoms with E-state index in [1.165, 1.54) is 13.2 Å². The van der Waals surface area contributed by atoms with Crippen LogP contribution in [0.5, 0.6) is 0 Å². The third-order valence-electron chi connectivity index (χ3n) is 3.12. The van der Waals surface area contributed by atoms with Gasteiger partial charge in [0.15, 0.2) is 0 Å². The summed E-state index contributed by atoms with van der Waals surface area (Å²) in [6.45, 7) is 1.96. The first kappa shape index (κ1) is 16.3. The van der Waals surface area contributed by atoms with E-state index >= 15 is 0 Å². The molecule has 0 spiro atoms. The molecule has 0 aliphatic carbocycles. The van der Waals surface area contributed by atoms with E-state index in [-0.39, 0.29) is 5.69 Å². The molecule has 1 aromatic rings. The third-order valence-corrected chi connectivity index (χ3v) is 3.12. The molecule has 0 aromatic heterocycles. The van der Waals surface area contributed by atoms with Crippen LogP contribution in [0.25, 0.3) is 0 Å². The highest BCUT2D eigenvalue weighted by Crippen LogP contribution is 2.35. The van der Waals surface area contributed by atoms with Gasteiger partial charge in [0.1, 0.15) is 0 Å². The quantitative estimate of drug-likeness (QED) is 0.663. The normalized spacial score (nSPS) is 13.1. The summed E-state index contributed by atoms with van der Waals surface area (Å²) in [5.41, 5.74) is 5.21. The van der Waals surface area contributed by atoms with Gasteiger partial charge in [-0.2, -0.15) is 13.2 Å². The lowest BCUT2D eigenvalue weighted by atomic mass is 9.91. The number of methoxy groups -OCH3 is 1. The Morgan fingerprint density at radius 3 is 2.50 bits per heavy atom. The van der Waals surface area contributed by atoms with Crippen molar-refractivity contribution in [1.29, 1.82) is 0 Å². The maximum absolute atomic E-state index is 12.6. The SMILES string of the molecule is CCCCC(C(=O)OC)c1ccc(C(F)(F)F)cc1N. The zero-order valence-corrected chi connectivity index (χ0v) is 11.5. The van der Waals surface area contributed by atoms with E-state index in [2.05, 4.69) is 0 Å². The smallest absolute Gasteiger partial charge is 0.416 e. The number of nitrogens with two attached hydrogens (primary N) is 1. The lowest BCUT2D eigenvalue weighted by molar-refractivity contribution is -0.142. The van der Waals surface area contributed by atoms with Gasteiger partial charge < -0.3 is 10.5 Å². The number of carbonyl (C=O) groups is 1. The molecule has 2 N–H and O–H groups in total. The number of ether oxygens (including phenoxy) is 1. The van der Waals surface area contributed by atoms with Crippen LogP contribution < -0.4 is 5.73 Å². The van der Waals surface area contributed by atoms with Gasteiger partial charge in [-0.3, -0.25) is 4.79 Å². The van der Waals surface area contributed by atoms with E-state index in [0.29, 0.717) is 12.0 Å². The van der Waals surface area contributed by atoms with Crippen LogP contribution in [0.3, 0.4) is 0 Å². The maximum atomic E-state index is 12.6. The lowest BCUT2D eigenvalue weighted by Crippen LogP contribution is -2.17.